The topological polar surface area (TPSA) is 43.1 Å². The normalized spacial score (nSPS) is 11.5. The minimum atomic E-state index is -4.61. The van der Waals surface area contributed by atoms with E-state index in [9.17, 15) is 13.2 Å². The van der Waals surface area contributed by atoms with Crippen LogP contribution in [0.2, 0.25) is 5.02 Å². The summed E-state index contributed by atoms with van der Waals surface area (Å²) in [4.78, 5) is 8.43. The highest BCUT2D eigenvalue weighted by atomic mass is 35.5. The molecule has 3 aromatic heterocycles. The number of thiazole rings is 1. The quantitative estimate of drug-likeness (QED) is 0.397. The summed E-state index contributed by atoms with van der Waals surface area (Å²) < 4.78 is 41.6. The molecule has 140 valence electrons. The number of rotatable bonds is 1. The molecule has 0 bridgehead atoms. The Hall–Kier alpha value is -2.89. The first-order valence-electron chi connectivity index (χ1n) is 7.97. The third-order valence-corrected chi connectivity index (χ3v) is 5.06. The summed E-state index contributed by atoms with van der Waals surface area (Å²) in [6.45, 7) is 1.78. The van der Waals surface area contributed by atoms with Crippen LogP contribution in [0.25, 0.3) is 16.9 Å². The average Bonchev–Trinajstić information content (AvgIpc) is 3.30. The van der Waals surface area contributed by atoms with Crippen LogP contribution in [0, 0.1) is 18.8 Å². The van der Waals surface area contributed by atoms with Gasteiger partial charge in [0.2, 0.25) is 0 Å². The van der Waals surface area contributed by atoms with E-state index >= 15 is 0 Å². The summed E-state index contributed by atoms with van der Waals surface area (Å²) in [5.74, 6) is 5.63. The summed E-state index contributed by atoms with van der Waals surface area (Å²) in [7, 11) is 0. The maximum absolute atomic E-state index is 13.6. The molecule has 0 aliphatic carbocycles. The Kier molecular flexibility index (Phi) is 4.57. The lowest BCUT2D eigenvalue weighted by Crippen LogP contribution is -2.13. The number of alkyl halides is 3. The summed E-state index contributed by atoms with van der Waals surface area (Å²) in [6, 6.07) is 5.93. The van der Waals surface area contributed by atoms with Gasteiger partial charge >= 0.3 is 6.18 Å². The number of fused-ring (bicyclic) bond motifs is 1. The second-order valence-corrected chi connectivity index (χ2v) is 7.17. The summed E-state index contributed by atoms with van der Waals surface area (Å²) in [5, 5.41) is 6.69. The van der Waals surface area contributed by atoms with Gasteiger partial charge in [-0.3, -0.25) is 0 Å². The van der Waals surface area contributed by atoms with E-state index < -0.39 is 11.9 Å². The SMILES string of the molecule is Cc1cc(-c2cc(C(F)(F)F)n3ncc(C#Cc4nccs4)c3n2)ccc1Cl. The molecular weight excluding hydrogens is 409 g/mol. The van der Waals surface area contributed by atoms with Crippen molar-refractivity contribution in [3.8, 4) is 23.1 Å². The van der Waals surface area contributed by atoms with Crippen molar-refractivity contribution in [2.45, 2.75) is 13.1 Å². The second kappa shape index (κ2) is 6.93. The van der Waals surface area contributed by atoms with Crippen molar-refractivity contribution in [1.82, 2.24) is 19.6 Å². The van der Waals surface area contributed by atoms with E-state index in [1.807, 2.05) is 0 Å². The largest absolute Gasteiger partial charge is 0.433 e. The zero-order chi connectivity index (χ0) is 19.9. The van der Waals surface area contributed by atoms with Crippen molar-refractivity contribution in [2.24, 2.45) is 0 Å². The molecule has 0 atom stereocenters. The molecule has 0 amide bonds. The van der Waals surface area contributed by atoms with Gasteiger partial charge in [-0.1, -0.05) is 23.6 Å². The van der Waals surface area contributed by atoms with E-state index in [4.69, 9.17) is 11.6 Å². The average molecular weight is 419 g/mol. The maximum atomic E-state index is 13.6. The van der Waals surface area contributed by atoms with Crippen molar-refractivity contribution < 1.29 is 13.2 Å². The van der Waals surface area contributed by atoms with Crippen LogP contribution in [0.15, 0.2) is 42.0 Å². The second-order valence-electron chi connectivity index (χ2n) is 5.87. The summed E-state index contributed by atoms with van der Waals surface area (Å²) in [5.41, 5.74) is 0.816. The minimum absolute atomic E-state index is 0.0292. The van der Waals surface area contributed by atoms with Crippen molar-refractivity contribution in [3.63, 3.8) is 0 Å². The standard InChI is InChI=1S/C19H10ClF3N4S/c1-11-8-12(2-4-14(11)20)15-9-16(19(21,22)23)27-18(26-15)13(10-25-27)3-5-17-24-6-7-28-17/h2,4,6-10H,1H3. The van der Waals surface area contributed by atoms with Crippen LogP contribution in [0.4, 0.5) is 13.2 Å². The fourth-order valence-corrected chi connectivity index (χ4v) is 3.21. The fraction of sp³-hybridized carbons (Fsp3) is 0.105. The van der Waals surface area contributed by atoms with Crippen LogP contribution in [-0.2, 0) is 6.18 Å². The number of aromatic nitrogens is 4. The van der Waals surface area contributed by atoms with Gasteiger partial charge in [0.1, 0.15) is 0 Å². The predicted octanol–water partition coefficient (Wildman–Crippen LogP) is 5.23. The molecule has 0 fully saturated rings. The monoisotopic (exact) mass is 418 g/mol. The molecular formula is C19H10ClF3N4S. The molecule has 1 aromatic carbocycles. The maximum Gasteiger partial charge on any atom is 0.433 e. The van der Waals surface area contributed by atoms with Gasteiger partial charge in [-0.2, -0.15) is 18.3 Å². The van der Waals surface area contributed by atoms with Gasteiger partial charge in [0.25, 0.3) is 0 Å². The van der Waals surface area contributed by atoms with Gasteiger partial charge in [-0.15, -0.1) is 11.3 Å². The van der Waals surface area contributed by atoms with Gasteiger partial charge in [0.05, 0.1) is 17.5 Å². The molecule has 4 rings (SSSR count). The van der Waals surface area contributed by atoms with Gasteiger partial charge in [0, 0.05) is 22.2 Å². The van der Waals surface area contributed by atoms with Gasteiger partial charge in [-0.05, 0) is 36.6 Å². The first kappa shape index (κ1) is 18.5. The van der Waals surface area contributed by atoms with Crippen LogP contribution in [-0.4, -0.2) is 19.6 Å². The highest BCUT2D eigenvalue weighted by molar-refractivity contribution is 7.10. The molecule has 0 aliphatic rings. The number of hydrogen-bond donors (Lipinski definition) is 0. The van der Waals surface area contributed by atoms with E-state index in [2.05, 4.69) is 26.9 Å². The Morgan fingerprint density at radius 1 is 1.18 bits per heavy atom. The van der Waals surface area contributed by atoms with E-state index in [-0.39, 0.29) is 16.9 Å². The van der Waals surface area contributed by atoms with E-state index in [1.54, 1.807) is 36.7 Å². The molecule has 0 radical (unpaired) electrons. The molecule has 0 spiro atoms. The first-order valence-corrected chi connectivity index (χ1v) is 9.23. The van der Waals surface area contributed by atoms with Gasteiger partial charge in [-0.25, -0.2) is 14.5 Å². The molecule has 0 aliphatic heterocycles. The van der Waals surface area contributed by atoms with Crippen molar-refractivity contribution in [2.75, 3.05) is 0 Å². The molecule has 4 aromatic rings. The zero-order valence-corrected chi connectivity index (χ0v) is 15.8. The Morgan fingerprint density at radius 2 is 2.00 bits per heavy atom. The molecule has 4 nitrogen and oxygen atoms in total. The number of nitrogens with zero attached hydrogens (tertiary/aromatic N) is 4. The van der Waals surface area contributed by atoms with Crippen molar-refractivity contribution >= 4 is 28.6 Å². The molecule has 28 heavy (non-hydrogen) atoms. The lowest BCUT2D eigenvalue weighted by atomic mass is 10.1. The Labute approximate surface area is 166 Å². The van der Waals surface area contributed by atoms with E-state index in [0.717, 1.165) is 16.1 Å². The van der Waals surface area contributed by atoms with Crippen LogP contribution in [0.3, 0.4) is 0 Å². The Morgan fingerprint density at radius 3 is 2.68 bits per heavy atom. The number of aryl methyl sites for hydroxylation is 1. The van der Waals surface area contributed by atoms with Crippen molar-refractivity contribution in [1.29, 1.82) is 0 Å². The zero-order valence-electron chi connectivity index (χ0n) is 14.3. The van der Waals surface area contributed by atoms with Gasteiger partial charge in [0.15, 0.2) is 16.3 Å². The molecule has 0 unspecified atom stereocenters. The van der Waals surface area contributed by atoms with Crippen LogP contribution < -0.4 is 0 Å². The highest BCUT2D eigenvalue weighted by Crippen LogP contribution is 2.33. The highest BCUT2D eigenvalue weighted by Gasteiger charge is 2.35. The lowest BCUT2D eigenvalue weighted by Gasteiger charge is -2.11. The fourth-order valence-electron chi connectivity index (χ4n) is 2.61. The third-order valence-electron chi connectivity index (χ3n) is 3.95. The first-order chi connectivity index (χ1) is 13.3. The molecule has 3 heterocycles. The molecule has 0 N–H and O–H groups in total. The summed E-state index contributed by atoms with van der Waals surface area (Å²) >= 11 is 7.36. The van der Waals surface area contributed by atoms with Crippen LogP contribution in [0.1, 0.15) is 21.8 Å². The Balaban J connectivity index is 1.93. The number of hydrogen-bond acceptors (Lipinski definition) is 4. The van der Waals surface area contributed by atoms with Crippen LogP contribution >= 0.6 is 22.9 Å². The van der Waals surface area contributed by atoms with Crippen LogP contribution in [0.5, 0.6) is 0 Å². The van der Waals surface area contributed by atoms with Crippen molar-refractivity contribution in [3.05, 3.63) is 68.9 Å². The molecule has 0 saturated heterocycles. The molecule has 0 saturated carbocycles. The summed E-state index contributed by atoms with van der Waals surface area (Å²) in [6.07, 6.45) is -1.73. The van der Waals surface area contributed by atoms with Gasteiger partial charge < -0.3 is 0 Å². The van der Waals surface area contributed by atoms with E-state index in [0.29, 0.717) is 15.6 Å². The third kappa shape index (κ3) is 3.46. The smallest absolute Gasteiger partial charge is 0.236 e. The number of benzene rings is 1. The number of halogens is 4. The predicted molar refractivity (Wildman–Crippen MR) is 101 cm³/mol. The Bertz CT molecular complexity index is 1230. The van der Waals surface area contributed by atoms with E-state index in [1.165, 1.54) is 17.5 Å². The lowest BCUT2D eigenvalue weighted by molar-refractivity contribution is -0.142. The minimum Gasteiger partial charge on any atom is -0.236 e. The molecule has 9 heteroatoms.